The number of aromatic nitrogens is 1. The summed E-state index contributed by atoms with van der Waals surface area (Å²) in [4.78, 5) is 18.2. The van der Waals surface area contributed by atoms with Crippen LogP contribution in [-0.4, -0.2) is 15.9 Å². The van der Waals surface area contributed by atoms with Gasteiger partial charge in [0.2, 0.25) is 5.13 Å². The van der Waals surface area contributed by atoms with Gasteiger partial charge in [0.1, 0.15) is 0 Å². The van der Waals surface area contributed by atoms with Gasteiger partial charge >= 0.3 is 0 Å². The Balaban J connectivity index is 2.37. The average Bonchev–Trinajstić information content (AvgIpc) is 2.77. The Morgan fingerprint density at radius 2 is 2.22 bits per heavy atom. The van der Waals surface area contributed by atoms with Crippen LogP contribution < -0.4 is 11.5 Å². The lowest BCUT2D eigenvalue weighted by Crippen LogP contribution is -2.21. The van der Waals surface area contributed by atoms with Crippen molar-refractivity contribution in [2.24, 2.45) is 16.5 Å². The minimum atomic E-state index is -0.452. The lowest BCUT2D eigenvalue weighted by atomic mass is 10.1. The molecule has 18 heavy (non-hydrogen) atoms. The minimum Gasteiger partial charge on any atom is -0.370 e. The van der Waals surface area contributed by atoms with E-state index in [9.17, 15) is 10.1 Å². The second-order valence-electron chi connectivity index (χ2n) is 3.36. The molecule has 0 fully saturated rings. The number of hydrogen-bond donors (Lipinski definition) is 2. The molecule has 2 aromatic rings. The van der Waals surface area contributed by atoms with E-state index in [1.165, 1.54) is 23.5 Å². The number of benzene rings is 1. The topological polar surface area (TPSA) is 120 Å². The van der Waals surface area contributed by atoms with Gasteiger partial charge in [0.25, 0.3) is 5.69 Å². The molecule has 7 nitrogen and oxygen atoms in total. The van der Waals surface area contributed by atoms with Crippen LogP contribution in [0.3, 0.4) is 0 Å². The van der Waals surface area contributed by atoms with Gasteiger partial charge < -0.3 is 11.5 Å². The van der Waals surface area contributed by atoms with Crippen molar-refractivity contribution in [2.75, 3.05) is 0 Å². The summed E-state index contributed by atoms with van der Waals surface area (Å²) in [6.07, 6.45) is 0. The molecule has 0 bridgehead atoms. The molecule has 8 heteroatoms. The molecule has 0 saturated carbocycles. The van der Waals surface area contributed by atoms with E-state index >= 15 is 0 Å². The third kappa shape index (κ3) is 2.61. The lowest BCUT2D eigenvalue weighted by Gasteiger charge is -1.96. The maximum Gasteiger partial charge on any atom is 0.270 e. The summed E-state index contributed by atoms with van der Waals surface area (Å²) < 4.78 is 0. The fraction of sp³-hybridized carbons (Fsp3) is 0. The monoisotopic (exact) mass is 263 g/mol. The maximum absolute atomic E-state index is 10.7. The van der Waals surface area contributed by atoms with E-state index in [1.54, 1.807) is 17.5 Å². The highest BCUT2D eigenvalue weighted by Gasteiger charge is 2.09. The molecule has 0 aliphatic carbocycles. The van der Waals surface area contributed by atoms with Crippen LogP contribution in [0.4, 0.5) is 10.8 Å². The molecule has 0 amide bonds. The van der Waals surface area contributed by atoms with E-state index in [4.69, 9.17) is 11.5 Å². The first-order chi connectivity index (χ1) is 8.56. The molecule has 0 radical (unpaired) electrons. The third-order valence-electron chi connectivity index (χ3n) is 2.07. The van der Waals surface area contributed by atoms with Crippen LogP contribution in [0.25, 0.3) is 11.3 Å². The molecular weight excluding hydrogens is 254 g/mol. The largest absolute Gasteiger partial charge is 0.370 e. The Morgan fingerprint density at radius 1 is 1.44 bits per heavy atom. The maximum atomic E-state index is 10.7. The van der Waals surface area contributed by atoms with Crippen LogP contribution in [0.1, 0.15) is 0 Å². The van der Waals surface area contributed by atoms with Gasteiger partial charge in [-0.05, 0) is 0 Å². The number of nitro benzene ring substituents is 1. The predicted molar refractivity (Wildman–Crippen MR) is 69.7 cm³/mol. The molecule has 92 valence electrons. The Hall–Kier alpha value is -2.48. The molecule has 0 aliphatic heterocycles. The Labute approximate surface area is 106 Å². The molecule has 0 aliphatic rings. The standard InChI is InChI=1S/C10H9N5O2S/c11-9(12)14-10-13-8(5-18-10)6-2-1-3-7(4-6)15(16)17/h1-5H,(H4,11,12,13,14). The predicted octanol–water partition coefficient (Wildman–Crippen LogP) is 1.62. The van der Waals surface area contributed by atoms with Gasteiger partial charge in [-0.15, -0.1) is 11.3 Å². The van der Waals surface area contributed by atoms with Crippen molar-refractivity contribution in [3.05, 3.63) is 39.8 Å². The first-order valence-corrected chi connectivity index (χ1v) is 5.74. The Kier molecular flexibility index (Phi) is 3.20. The molecule has 1 aromatic heterocycles. The first-order valence-electron chi connectivity index (χ1n) is 4.86. The summed E-state index contributed by atoms with van der Waals surface area (Å²) in [5.74, 6) is -0.0741. The summed E-state index contributed by atoms with van der Waals surface area (Å²) >= 11 is 1.26. The lowest BCUT2D eigenvalue weighted by molar-refractivity contribution is -0.384. The van der Waals surface area contributed by atoms with E-state index < -0.39 is 4.92 Å². The molecule has 2 rings (SSSR count). The first kappa shape index (κ1) is 12.0. The number of aliphatic imine (C=N–C) groups is 1. The summed E-state index contributed by atoms with van der Waals surface area (Å²) in [6, 6.07) is 6.22. The smallest absolute Gasteiger partial charge is 0.270 e. The van der Waals surface area contributed by atoms with Crippen LogP contribution in [-0.2, 0) is 0 Å². The number of rotatable bonds is 3. The molecule has 0 unspecified atom stereocenters. The van der Waals surface area contributed by atoms with Crippen LogP contribution in [0, 0.1) is 10.1 Å². The van der Waals surface area contributed by atoms with Crippen molar-refractivity contribution >= 4 is 28.1 Å². The van der Waals surface area contributed by atoms with Gasteiger partial charge in [-0.25, -0.2) is 4.98 Å². The summed E-state index contributed by atoms with van der Waals surface area (Å²) in [5, 5.41) is 12.8. The average molecular weight is 263 g/mol. The van der Waals surface area contributed by atoms with Gasteiger partial charge in [-0.2, -0.15) is 4.99 Å². The highest BCUT2D eigenvalue weighted by Crippen LogP contribution is 2.28. The summed E-state index contributed by atoms with van der Waals surface area (Å²) in [6.45, 7) is 0. The van der Waals surface area contributed by atoms with Crippen molar-refractivity contribution in [3.8, 4) is 11.3 Å². The summed E-state index contributed by atoms with van der Waals surface area (Å²) in [7, 11) is 0. The van der Waals surface area contributed by atoms with Gasteiger partial charge in [0, 0.05) is 23.1 Å². The molecule has 1 heterocycles. The zero-order chi connectivity index (χ0) is 13.1. The fourth-order valence-electron chi connectivity index (χ4n) is 1.34. The minimum absolute atomic E-state index is 0.0175. The molecule has 1 aromatic carbocycles. The number of hydrogen-bond acceptors (Lipinski definition) is 5. The molecule has 0 spiro atoms. The zero-order valence-corrected chi connectivity index (χ0v) is 9.92. The third-order valence-corrected chi connectivity index (χ3v) is 2.80. The Bertz CT molecular complexity index is 618. The van der Waals surface area contributed by atoms with Gasteiger partial charge in [0.05, 0.1) is 10.6 Å². The number of nitrogens with two attached hydrogens (primary N) is 2. The van der Waals surface area contributed by atoms with Gasteiger partial charge in [0.15, 0.2) is 5.96 Å². The molecule has 0 saturated heterocycles. The fourth-order valence-corrected chi connectivity index (χ4v) is 2.05. The number of nitrogens with zero attached hydrogens (tertiary/aromatic N) is 3. The van der Waals surface area contributed by atoms with Crippen LogP contribution in [0.5, 0.6) is 0 Å². The number of nitro groups is 1. The van der Waals surface area contributed by atoms with Crippen molar-refractivity contribution in [1.29, 1.82) is 0 Å². The van der Waals surface area contributed by atoms with E-state index in [1.807, 2.05) is 0 Å². The van der Waals surface area contributed by atoms with Crippen molar-refractivity contribution in [2.45, 2.75) is 0 Å². The van der Waals surface area contributed by atoms with E-state index in [-0.39, 0.29) is 11.6 Å². The van der Waals surface area contributed by atoms with Crippen molar-refractivity contribution < 1.29 is 4.92 Å². The number of thiazole rings is 1. The van der Waals surface area contributed by atoms with Gasteiger partial charge in [-0.3, -0.25) is 10.1 Å². The molecule has 4 N–H and O–H groups in total. The van der Waals surface area contributed by atoms with E-state index in [2.05, 4.69) is 9.98 Å². The van der Waals surface area contributed by atoms with Crippen molar-refractivity contribution in [3.63, 3.8) is 0 Å². The van der Waals surface area contributed by atoms with E-state index in [0.29, 0.717) is 16.4 Å². The van der Waals surface area contributed by atoms with E-state index in [0.717, 1.165) is 0 Å². The van der Waals surface area contributed by atoms with Gasteiger partial charge in [-0.1, -0.05) is 12.1 Å². The van der Waals surface area contributed by atoms with Crippen LogP contribution in [0.2, 0.25) is 0 Å². The van der Waals surface area contributed by atoms with Crippen LogP contribution >= 0.6 is 11.3 Å². The highest BCUT2D eigenvalue weighted by molar-refractivity contribution is 7.13. The quantitative estimate of drug-likeness (QED) is 0.377. The number of guanidine groups is 1. The summed E-state index contributed by atoms with van der Waals surface area (Å²) in [5.41, 5.74) is 11.8. The Morgan fingerprint density at radius 3 is 2.89 bits per heavy atom. The second-order valence-corrected chi connectivity index (χ2v) is 4.20. The molecule has 0 atom stereocenters. The van der Waals surface area contributed by atoms with Crippen molar-refractivity contribution in [1.82, 2.24) is 4.98 Å². The SMILES string of the molecule is NC(N)=Nc1nc(-c2cccc([N+](=O)[O-])c2)cs1. The number of non-ortho nitro benzene ring substituents is 1. The molecular formula is C10H9N5O2S. The normalized spacial score (nSPS) is 10.0. The zero-order valence-electron chi connectivity index (χ0n) is 9.11. The second kappa shape index (κ2) is 4.80. The van der Waals surface area contributed by atoms with Crippen LogP contribution in [0.15, 0.2) is 34.6 Å². The highest BCUT2D eigenvalue weighted by atomic mass is 32.1.